The maximum Gasteiger partial charge on any atom is 0.165 e. The molecule has 150 valence electrons. The highest BCUT2D eigenvalue weighted by Gasteiger charge is 2.33. The van der Waals surface area contributed by atoms with E-state index in [2.05, 4.69) is 31.2 Å². The summed E-state index contributed by atoms with van der Waals surface area (Å²) in [6, 6.07) is 24.1. The minimum absolute atomic E-state index is 0.427. The zero-order valence-electron chi connectivity index (χ0n) is 16.9. The fourth-order valence-electron chi connectivity index (χ4n) is 3.18. The van der Waals surface area contributed by atoms with Crippen molar-refractivity contribution in [3.63, 3.8) is 0 Å². The van der Waals surface area contributed by atoms with Gasteiger partial charge in [-0.2, -0.15) is 0 Å². The first-order valence-corrected chi connectivity index (χ1v) is 9.86. The minimum Gasteiger partial charge on any atom is -0.489 e. The smallest absolute Gasteiger partial charge is 0.165 e. The Morgan fingerprint density at radius 3 is 2.41 bits per heavy atom. The number of hydrogen-bond acceptors (Lipinski definition) is 4. The molecule has 0 spiro atoms. The topological polar surface area (TPSA) is 36.9 Å². The summed E-state index contributed by atoms with van der Waals surface area (Å²) in [6.07, 6.45) is 0. The Kier molecular flexibility index (Phi) is 5.72. The molecule has 0 amide bonds. The second kappa shape index (κ2) is 8.58. The van der Waals surface area contributed by atoms with E-state index in [1.54, 1.807) is 0 Å². The lowest BCUT2D eigenvalue weighted by Gasteiger charge is -2.35. The van der Waals surface area contributed by atoms with Crippen molar-refractivity contribution in [1.29, 1.82) is 0 Å². The van der Waals surface area contributed by atoms with E-state index in [1.165, 1.54) is 5.56 Å². The molecule has 3 aromatic carbocycles. The average Bonchev–Trinajstić information content (AvgIpc) is 2.74. The third kappa shape index (κ3) is 5.09. The molecular formula is C25H26O4. The number of benzene rings is 3. The summed E-state index contributed by atoms with van der Waals surface area (Å²) in [5.41, 5.74) is 3.00. The molecule has 1 atom stereocenters. The van der Waals surface area contributed by atoms with E-state index in [9.17, 15) is 0 Å². The van der Waals surface area contributed by atoms with Gasteiger partial charge in [-0.05, 0) is 37.1 Å². The van der Waals surface area contributed by atoms with Crippen LogP contribution in [0.5, 0.6) is 17.2 Å². The predicted molar refractivity (Wildman–Crippen MR) is 113 cm³/mol. The lowest BCUT2D eigenvalue weighted by molar-refractivity contribution is -0.0630. The van der Waals surface area contributed by atoms with Crippen LogP contribution in [0.25, 0.3) is 0 Å². The van der Waals surface area contributed by atoms with Crippen LogP contribution in [-0.4, -0.2) is 18.8 Å². The first-order chi connectivity index (χ1) is 14.1. The molecule has 4 heteroatoms. The zero-order valence-corrected chi connectivity index (χ0v) is 16.9. The minimum atomic E-state index is -0.524. The van der Waals surface area contributed by atoms with E-state index in [-0.39, 0.29) is 0 Å². The second-order valence-electron chi connectivity index (χ2n) is 7.70. The Morgan fingerprint density at radius 1 is 0.862 bits per heavy atom. The number of rotatable bonds is 7. The van der Waals surface area contributed by atoms with E-state index in [0.29, 0.717) is 37.9 Å². The van der Waals surface area contributed by atoms with Crippen molar-refractivity contribution in [2.75, 3.05) is 13.2 Å². The zero-order chi connectivity index (χ0) is 20.1. The Balaban J connectivity index is 1.32. The van der Waals surface area contributed by atoms with Crippen molar-refractivity contribution in [3.05, 3.63) is 89.5 Å². The molecule has 4 rings (SSSR count). The predicted octanol–water partition coefficient (Wildman–Crippen LogP) is 5.32. The van der Waals surface area contributed by atoms with Crippen molar-refractivity contribution in [2.24, 2.45) is 0 Å². The highest BCUT2D eigenvalue weighted by atomic mass is 16.6. The number of fused-ring (bicyclic) bond motifs is 1. The molecule has 1 aliphatic heterocycles. The Hall–Kier alpha value is -2.98. The van der Waals surface area contributed by atoms with Gasteiger partial charge in [0.05, 0.1) is 13.2 Å². The molecular weight excluding hydrogens is 364 g/mol. The lowest BCUT2D eigenvalue weighted by Crippen LogP contribution is -2.46. The summed E-state index contributed by atoms with van der Waals surface area (Å²) >= 11 is 0. The Bertz CT molecular complexity index is 937. The summed E-state index contributed by atoms with van der Waals surface area (Å²) in [7, 11) is 0. The van der Waals surface area contributed by atoms with Gasteiger partial charge in [0.2, 0.25) is 0 Å². The SMILES string of the molecule is Cc1ccc(COCC2(C)COc3cc(OCc4ccccc4)ccc3O2)cc1. The van der Waals surface area contributed by atoms with Crippen molar-refractivity contribution < 1.29 is 18.9 Å². The van der Waals surface area contributed by atoms with Gasteiger partial charge in [-0.15, -0.1) is 0 Å². The highest BCUT2D eigenvalue weighted by molar-refractivity contribution is 5.47. The fourth-order valence-corrected chi connectivity index (χ4v) is 3.18. The van der Waals surface area contributed by atoms with Gasteiger partial charge in [0.1, 0.15) is 19.0 Å². The van der Waals surface area contributed by atoms with Crippen LogP contribution in [0.15, 0.2) is 72.8 Å². The molecule has 0 fully saturated rings. The lowest BCUT2D eigenvalue weighted by atomic mass is 10.1. The van der Waals surface area contributed by atoms with Gasteiger partial charge in [0.15, 0.2) is 17.1 Å². The van der Waals surface area contributed by atoms with E-state index >= 15 is 0 Å². The molecule has 1 heterocycles. The summed E-state index contributed by atoms with van der Waals surface area (Å²) in [5.74, 6) is 2.17. The van der Waals surface area contributed by atoms with Crippen molar-refractivity contribution in [2.45, 2.75) is 32.7 Å². The van der Waals surface area contributed by atoms with Crippen LogP contribution in [0.4, 0.5) is 0 Å². The molecule has 0 N–H and O–H groups in total. The van der Waals surface area contributed by atoms with Crippen LogP contribution in [0.2, 0.25) is 0 Å². The molecule has 1 aliphatic rings. The molecule has 0 radical (unpaired) electrons. The molecule has 0 aromatic heterocycles. The molecule has 0 bridgehead atoms. The summed E-state index contributed by atoms with van der Waals surface area (Å²) in [4.78, 5) is 0. The molecule has 29 heavy (non-hydrogen) atoms. The van der Waals surface area contributed by atoms with Gasteiger partial charge in [-0.1, -0.05) is 60.2 Å². The third-order valence-corrected chi connectivity index (χ3v) is 4.85. The Morgan fingerprint density at radius 2 is 1.62 bits per heavy atom. The molecule has 1 unspecified atom stereocenters. The summed E-state index contributed by atoms with van der Waals surface area (Å²) in [6.45, 7) is 6.03. The molecule has 0 aliphatic carbocycles. The third-order valence-electron chi connectivity index (χ3n) is 4.85. The van der Waals surface area contributed by atoms with Gasteiger partial charge in [-0.3, -0.25) is 0 Å². The van der Waals surface area contributed by atoms with Gasteiger partial charge >= 0.3 is 0 Å². The van der Waals surface area contributed by atoms with Crippen LogP contribution in [0, 0.1) is 6.92 Å². The number of aryl methyl sites for hydroxylation is 1. The monoisotopic (exact) mass is 390 g/mol. The first kappa shape index (κ1) is 19.3. The van der Waals surface area contributed by atoms with Crippen molar-refractivity contribution >= 4 is 0 Å². The van der Waals surface area contributed by atoms with Crippen molar-refractivity contribution in [1.82, 2.24) is 0 Å². The van der Waals surface area contributed by atoms with Crippen LogP contribution < -0.4 is 14.2 Å². The van der Waals surface area contributed by atoms with Gasteiger partial charge < -0.3 is 18.9 Å². The first-order valence-electron chi connectivity index (χ1n) is 9.86. The quantitative estimate of drug-likeness (QED) is 0.547. The molecule has 4 nitrogen and oxygen atoms in total. The summed E-state index contributed by atoms with van der Waals surface area (Å²) in [5, 5.41) is 0. The summed E-state index contributed by atoms with van der Waals surface area (Å²) < 4.78 is 23.9. The van der Waals surface area contributed by atoms with Crippen molar-refractivity contribution in [3.8, 4) is 17.2 Å². The van der Waals surface area contributed by atoms with Crippen LogP contribution in [0.3, 0.4) is 0 Å². The van der Waals surface area contributed by atoms with E-state index in [0.717, 1.165) is 16.9 Å². The maximum atomic E-state index is 6.19. The fraction of sp³-hybridized carbons (Fsp3) is 0.280. The van der Waals surface area contributed by atoms with Gasteiger partial charge in [0.25, 0.3) is 0 Å². The van der Waals surface area contributed by atoms with E-state index in [4.69, 9.17) is 18.9 Å². The second-order valence-corrected chi connectivity index (χ2v) is 7.70. The Labute approximate surface area is 172 Å². The average molecular weight is 390 g/mol. The number of ether oxygens (including phenoxy) is 4. The molecule has 0 saturated carbocycles. The van der Waals surface area contributed by atoms with E-state index in [1.807, 2.05) is 55.5 Å². The normalized spacial score (nSPS) is 17.7. The standard InChI is InChI=1S/C25H26O4/c1-19-8-10-21(11-9-19)15-26-17-25(2)18-28-24-14-22(12-13-23(24)29-25)27-16-20-6-4-3-5-7-20/h3-14H,15-18H2,1-2H3. The van der Waals surface area contributed by atoms with Gasteiger partial charge in [0, 0.05) is 6.07 Å². The van der Waals surface area contributed by atoms with Crippen LogP contribution in [0.1, 0.15) is 23.6 Å². The molecule has 3 aromatic rings. The largest absolute Gasteiger partial charge is 0.489 e. The molecule has 0 saturated heterocycles. The highest BCUT2D eigenvalue weighted by Crippen LogP contribution is 2.38. The van der Waals surface area contributed by atoms with Crippen LogP contribution in [-0.2, 0) is 18.0 Å². The van der Waals surface area contributed by atoms with Crippen LogP contribution >= 0.6 is 0 Å². The maximum absolute atomic E-state index is 6.19. The van der Waals surface area contributed by atoms with Gasteiger partial charge in [-0.25, -0.2) is 0 Å². The van der Waals surface area contributed by atoms with E-state index < -0.39 is 5.60 Å². The number of hydrogen-bond donors (Lipinski definition) is 0.